The number of hydrogen-bond donors (Lipinski definition) is 1. The molecular formula is C13H18ClNO3S. The van der Waals surface area contributed by atoms with Crippen LogP contribution in [0.5, 0.6) is 0 Å². The molecule has 4 nitrogen and oxygen atoms in total. The molecule has 0 spiro atoms. The van der Waals surface area contributed by atoms with Crippen molar-refractivity contribution in [3.05, 3.63) is 49.1 Å². The standard InChI is InChI=1S/C10H14ClNO2S.C2H4.CO/c1-8-3-4-10(5-9(8)2)12-7-15(13)14-6-11;2*1-2/h3-5,12H,6-7H2,1-2H3;1-2H2;. The van der Waals surface area contributed by atoms with Gasteiger partial charge in [-0.25, -0.2) is 4.21 Å². The van der Waals surface area contributed by atoms with Gasteiger partial charge in [0.1, 0.15) is 11.9 Å². The van der Waals surface area contributed by atoms with Gasteiger partial charge in [0.25, 0.3) is 0 Å². The Morgan fingerprint density at radius 2 is 1.95 bits per heavy atom. The minimum absolute atomic E-state index is 0.0543. The van der Waals surface area contributed by atoms with Gasteiger partial charge in [0.15, 0.2) is 11.1 Å². The molecule has 0 aliphatic heterocycles. The van der Waals surface area contributed by atoms with Crippen LogP contribution in [0.2, 0.25) is 0 Å². The van der Waals surface area contributed by atoms with Gasteiger partial charge in [0.2, 0.25) is 0 Å². The first kappa shape index (κ1) is 20.2. The molecule has 0 saturated carbocycles. The summed E-state index contributed by atoms with van der Waals surface area (Å²) >= 11 is 3.91. The van der Waals surface area contributed by atoms with Crippen molar-refractivity contribution in [2.24, 2.45) is 0 Å². The Kier molecular flexibility index (Phi) is 14.2. The summed E-state index contributed by atoms with van der Waals surface area (Å²) in [6.07, 6.45) is 0. The number of rotatable bonds is 5. The van der Waals surface area contributed by atoms with E-state index in [1.807, 2.05) is 32.0 Å². The van der Waals surface area contributed by atoms with E-state index in [0.29, 0.717) is 0 Å². The molecule has 0 amide bonds. The van der Waals surface area contributed by atoms with E-state index in [-0.39, 0.29) is 11.9 Å². The van der Waals surface area contributed by atoms with Gasteiger partial charge in [-0.3, -0.25) is 4.18 Å². The normalized spacial score (nSPS) is 10.2. The third-order valence-electron chi connectivity index (χ3n) is 2.08. The van der Waals surface area contributed by atoms with E-state index in [2.05, 4.69) is 25.1 Å². The summed E-state index contributed by atoms with van der Waals surface area (Å²) in [7, 11) is 0. The number of halogens is 1. The van der Waals surface area contributed by atoms with Gasteiger partial charge in [-0.05, 0) is 37.1 Å². The summed E-state index contributed by atoms with van der Waals surface area (Å²) in [4.78, 5) is 0. The molecule has 1 N–H and O–H groups in total. The quantitative estimate of drug-likeness (QED) is 0.393. The van der Waals surface area contributed by atoms with Crippen LogP contribution in [-0.2, 0) is 19.9 Å². The van der Waals surface area contributed by atoms with Crippen LogP contribution in [0.15, 0.2) is 31.4 Å². The van der Waals surface area contributed by atoms with Crippen LogP contribution in [0.4, 0.5) is 5.69 Å². The summed E-state index contributed by atoms with van der Waals surface area (Å²) in [5, 5.41) is 3.01. The van der Waals surface area contributed by atoms with Gasteiger partial charge in [-0.2, -0.15) is 0 Å². The number of aryl methyl sites for hydroxylation is 2. The Balaban J connectivity index is 0. The topological polar surface area (TPSA) is 58.2 Å². The minimum atomic E-state index is -1.38. The maximum absolute atomic E-state index is 11.1. The molecule has 1 rings (SSSR count). The second-order valence-electron chi connectivity index (χ2n) is 3.15. The van der Waals surface area contributed by atoms with Crippen LogP contribution in [0.25, 0.3) is 0 Å². The second kappa shape index (κ2) is 13.3. The van der Waals surface area contributed by atoms with E-state index < -0.39 is 11.1 Å². The van der Waals surface area contributed by atoms with Crippen molar-refractivity contribution < 1.29 is 13.0 Å². The third kappa shape index (κ3) is 9.47. The van der Waals surface area contributed by atoms with Crippen molar-refractivity contribution in [2.75, 3.05) is 17.3 Å². The molecule has 0 aliphatic carbocycles. The van der Waals surface area contributed by atoms with Crippen LogP contribution in [0.3, 0.4) is 0 Å². The molecule has 0 aromatic heterocycles. The zero-order chi connectivity index (χ0) is 15.3. The van der Waals surface area contributed by atoms with Crippen molar-refractivity contribution in [3.63, 3.8) is 0 Å². The fourth-order valence-corrected chi connectivity index (χ4v) is 1.85. The number of benzene rings is 1. The Morgan fingerprint density at radius 1 is 1.37 bits per heavy atom. The first-order valence-corrected chi connectivity index (χ1v) is 7.00. The van der Waals surface area contributed by atoms with Gasteiger partial charge < -0.3 is 5.32 Å². The van der Waals surface area contributed by atoms with Crippen molar-refractivity contribution in [1.82, 2.24) is 0 Å². The molecule has 1 aromatic carbocycles. The number of nitrogens with one attached hydrogen (secondary N) is 1. The van der Waals surface area contributed by atoms with Crippen LogP contribution >= 0.6 is 11.6 Å². The van der Waals surface area contributed by atoms with E-state index in [1.54, 1.807) is 0 Å². The molecule has 0 fully saturated rings. The van der Waals surface area contributed by atoms with Crippen LogP contribution in [0, 0.1) is 20.5 Å². The Labute approximate surface area is 122 Å². The van der Waals surface area contributed by atoms with E-state index in [0.717, 1.165) is 5.69 Å². The molecule has 0 heterocycles. The fraction of sp³-hybridized carbons (Fsp3) is 0.308. The van der Waals surface area contributed by atoms with E-state index in [9.17, 15) is 4.21 Å². The summed E-state index contributed by atoms with van der Waals surface area (Å²) in [5.41, 5.74) is 3.37. The monoisotopic (exact) mass is 303 g/mol. The van der Waals surface area contributed by atoms with Crippen molar-refractivity contribution in [1.29, 1.82) is 0 Å². The fourth-order valence-electron chi connectivity index (χ4n) is 1.08. The first-order chi connectivity index (χ1) is 9.13. The van der Waals surface area contributed by atoms with Crippen molar-refractivity contribution >= 4 is 28.4 Å². The molecule has 0 saturated heterocycles. The Hall–Kier alpha value is -1.10. The molecule has 19 heavy (non-hydrogen) atoms. The van der Waals surface area contributed by atoms with Gasteiger partial charge in [0, 0.05) is 5.69 Å². The Morgan fingerprint density at radius 3 is 2.42 bits per heavy atom. The van der Waals surface area contributed by atoms with E-state index >= 15 is 0 Å². The Bertz CT molecular complexity index is 410. The average molecular weight is 304 g/mol. The molecule has 1 unspecified atom stereocenters. The van der Waals surface area contributed by atoms with Crippen LogP contribution in [-0.4, -0.2) is 16.2 Å². The predicted octanol–water partition coefficient (Wildman–Crippen LogP) is 3.31. The van der Waals surface area contributed by atoms with Gasteiger partial charge in [-0.15, -0.1) is 13.2 Å². The zero-order valence-corrected chi connectivity index (χ0v) is 12.6. The van der Waals surface area contributed by atoms with Gasteiger partial charge in [0.05, 0.1) is 0 Å². The second-order valence-corrected chi connectivity index (χ2v) is 4.50. The van der Waals surface area contributed by atoms with Crippen LogP contribution in [0.1, 0.15) is 11.1 Å². The summed E-state index contributed by atoms with van der Waals surface area (Å²) in [6, 6.07) is 5.91. The number of alkyl halides is 1. The molecule has 0 aliphatic rings. The van der Waals surface area contributed by atoms with Gasteiger partial charge >= 0.3 is 11.3 Å². The summed E-state index contributed by atoms with van der Waals surface area (Å²) < 4.78 is 23.3. The first-order valence-electron chi connectivity index (χ1n) is 5.22. The molecular weight excluding hydrogens is 286 g/mol. The molecule has 6 heteroatoms. The van der Waals surface area contributed by atoms with Crippen molar-refractivity contribution in [3.8, 4) is 0 Å². The average Bonchev–Trinajstić information content (AvgIpc) is 2.45. The summed E-state index contributed by atoms with van der Waals surface area (Å²) in [5.74, 6) is 0.245. The molecule has 106 valence electrons. The third-order valence-corrected chi connectivity index (χ3v) is 3.08. The molecule has 1 aromatic rings. The summed E-state index contributed by atoms with van der Waals surface area (Å²) in [6.45, 7) is 14.6. The molecule has 1 atom stereocenters. The SMILES string of the molecule is C=C.Cc1ccc(NCS(=O)OCCl)cc1C.[C-]#[O+]. The number of anilines is 1. The number of hydrogen-bond acceptors (Lipinski definition) is 3. The van der Waals surface area contributed by atoms with Crippen LogP contribution < -0.4 is 5.32 Å². The van der Waals surface area contributed by atoms with Crippen molar-refractivity contribution in [2.45, 2.75) is 13.8 Å². The molecule has 0 radical (unpaired) electrons. The maximum atomic E-state index is 11.1. The molecule has 0 bridgehead atoms. The van der Waals surface area contributed by atoms with E-state index in [4.69, 9.17) is 20.4 Å². The zero-order valence-electron chi connectivity index (χ0n) is 11.1. The predicted molar refractivity (Wildman–Crippen MR) is 79.5 cm³/mol. The van der Waals surface area contributed by atoms with Gasteiger partial charge in [-0.1, -0.05) is 17.7 Å². The van der Waals surface area contributed by atoms with E-state index in [1.165, 1.54) is 11.1 Å².